The van der Waals surface area contributed by atoms with Crippen LogP contribution in [0.4, 0.5) is 0 Å². The topological polar surface area (TPSA) is 93.9 Å². The van der Waals surface area contributed by atoms with Crippen LogP contribution in [0.5, 0.6) is 0 Å². The van der Waals surface area contributed by atoms with Crippen LogP contribution in [0.3, 0.4) is 0 Å². The van der Waals surface area contributed by atoms with Crippen molar-refractivity contribution in [1.29, 1.82) is 0 Å². The molecule has 2 fully saturated rings. The molecule has 1 aromatic rings. The summed E-state index contributed by atoms with van der Waals surface area (Å²) in [6, 6.07) is 0. The van der Waals surface area contributed by atoms with Crippen LogP contribution in [0.25, 0.3) is 0 Å². The molecule has 0 aromatic carbocycles. The molecule has 27 heavy (non-hydrogen) atoms. The van der Waals surface area contributed by atoms with Gasteiger partial charge < -0.3 is 24.1 Å². The predicted molar refractivity (Wildman–Crippen MR) is 97.1 cm³/mol. The number of amides is 2. The first-order valence-electron chi connectivity index (χ1n) is 9.89. The average molecular weight is 379 g/mol. The molecule has 3 rings (SSSR count). The molecule has 0 saturated carbocycles. The lowest BCUT2D eigenvalue weighted by Gasteiger charge is -2.24. The molecule has 8 heteroatoms. The molecular formula is C19H29N3O5. The van der Waals surface area contributed by atoms with Crippen LogP contribution in [-0.2, 0) is 20.8 Å². The third kappa shape index (κ3) is 5.77. The Bertz CT molecular complexity index is 621. The molecule has 0 aliphatic carbocycles. The minimum absolute atomic E-state index is 0.0515. The second-order valence-electron chi connectivity index (χ2n) is 7.13. The Morgan fingerprint density at radius 3 is 2.63 bits per heavy atom. The van der Waals surface area contributed by atoms with E-state index in [4.69, 9.17) is 13.9 Å². The molecule has 1 N–H and O–H groups in total. The van der Waals surface area contributed by atoms with Gasteiger partial charge in [0, 0.05) is 32.7 Å². The van der Waals surface area contributed by atoms with Gasteiger partial charge in [0.15, 0.2) is 5.69 Å². The van der Waals surface area contributed by atoms with Gasteiger partial charge in [-0.1, -0.05) is 6.92 Å². The molecule has 0 bridgehead atoms. The van der Waals surface area contributed by atoms with Gasteiger partial charge in [-0.05, 0) is 32.1 Å². The number of oxazole rings is 1. The zero-order valence-corrected chi connectivity index (χ0v) is 15.9. The molecule has 2 saturated heterocycles. The summed E-state index contributed by atoms with van der Waals surface area (Å²) in [4.78, 5) is 30.6. The quantitative estimate of drug-likeness (QED) is 0.704. The summed E-state index contributed by atoms with van der Waals surface area (Å²) in [6.45, 7) is 4.72. The number of nitrogens with one attached hydrogen (secondary N) is 1. The second kappa shape index (κ2) is 9.85. The molecule has 2 aliphatic rings. The monoisotopic (exact) mass is 379 g/mol. The third-order valence-corrected chi connectivity index (χ3v) is 4.89. The van der Waals surface area contributed by atoms with Crippen molar-refractivity contribution in [2.24, 2.45) is 0 Å². The van der Waals surface area contributed by atoms with E-state index in [1.54, 1.807) is 4.90 Å². The van der Waals surface area contributed by atoms with Crippen molar-refractivity contribution in [1.82, 2.24) is 15.2 Å². The third-order valence-electron chi connectivity index (χ3n) is 4.89. The van der Waals surface area contributed by atoms with Crippen LogP contribution in [0.15, 0.2) is 10.7 Å². The van der Waals surface area contributed by atoms with Crippen LogP contribution in [0.2, 0.25) is 0 Å². The first-order valence-corrected chi connectivity index (χ1v) is 9.89. The Kier molecular flexibility index (Phi) is 7.23. The Balaban J connectivity index is 1.55. The highest BCUT2D eigenvalue weighted by molar-refractivity contribution is 5.91. The molecule has 2 amide bonds. The average Bonchev–Trinajstić information content (AvgIpc) is 3.42. The van der Waals surface area contributed by atoms with Crippen LogP contribution in [-0.4, -0.2) is 60.2 Å². The van der Waals surface area contributed by atoms with Gasteiger partial charge in [0.2, 0.25) is 11.8 Å². The number of aromatic nitrogens is 1. The highest BCUT2D eigenvalue weighted by Gasteiger charge is 2.24. The maximum atomic E-state index is 12.4. The summed E-state index contributed by atoms with van der Waals surface area (Å²) < 4.78 is 16.6. The SMILES string of the molecule is CCCC(=O)N(Cc1nc(C(=O)NCC2CCCO2)co1)CC1CCCO1. The van der Waals surface area contributed by atoms with Gasteiger partial charge in [0.05, 0.1) is 18.8 Å². The zero-order valence-electron chi connectivity index (χ0n) is 15.9. The van der Waals surface area contributed by atoms with Gasteiger partial charge in [-0.2, -0.15) is 0 Å². The Labute approximate surface area is 159 Å². The summed E-state index contributed by atoms with van der Waals surface area (Å²) in [6.07, 6.45) is 6.71. The second-order valence-corrected chi connectivity index (χ2v) is 7.13. The lowest BCUT2D eigenvalue weighted by Crippen LogP contribution is -2.37. The summed E-state index contributed by atoms with van der Waals surface area (Å²) >= 11 is 0. The molecule has 150 valence electrons. The zero-order chi connectivity index (χ0) is 19.1. The first kappa shape index (κ1) is 19.8. The van der Waals surface area contributed by atoms with E-state index < -0.39 is 0 Å². The predicted octanol–water partition coefficient (Wildman–Crippen LogP) is 1.89. The molecule has 8 nitrogen and oxygen atoms in total. The van der Waals surface area contributed by atoms with E-state index in [0.29, 0.717) is 25.4 Å². The van der Waals surface area contributed by atoms with E-state index in [9.17, 15) is 9.59 Å². The number of carbonyl (C=O) groups excluding carboxylic acids is 2. The molecule has 0 radical (unpaired) electrons. The van der Waals surface area contributed by atoms with Crippen molar-refractivity contribution in [2.75, 3.05) is 26.3 Å². The van der Waals surface area contributed by atoms with Crippen molar-refractivity contribution in [2.45, 2.75) is 64.2 Å². The van der Waals surface area contributed by atoms with Crippen molar-refractivity contribution < 1.29 is 23.5 Å². The van der Waals surface area contributed by atoms with Crippen LogP contribution < -0.4 is 5.32 Å². The summed E-state index contributed by atoms with van der Waals surface area (Å²) in [5.74, 6) is 0.126. The highest BCUT2D eigenvalue weighted by Crippen LogP contribution is 2.16. The van der Waals surface area contributed by atoms with E-state index >= 15 is 0 Å². The highest BCUT2D eigenvalue weighted by atomic mass is 16.5. The molecule has 2 unspecified atom stereocenters. The largest absolute Gasteiger partial charge is 0.446 e. The maximum absolute atomic E-state index is 12.4. The van der Waals surface area contributed by atoms with Crippen molar-refractivity contribution in [3.05, 3.63) is 17.8 Å². The molecule has 2 aliphatic heterocycles. The van der Waals surface area contributed by atoms with Gasteiger partial charge in [-0.15, -0.1) is 0 Å². The number of hydrogen-bond acceptors (Lipinski definition) is 6. The molecule has 3 heterocycles. The van der Waals surface area contributed by atoms with Crippen LogP contribution in [0.1, 0.15) is 61.8 Å². The lowest BCUT2D eigenvalue weighted by molar-refractivity contribution is -0.133. The minimum Gasteiger partial charge on any atom is -0.446 e. The molecule has 1 aromatic heterocycles. The normalized spacial score (nSPS) is 22.1. The van der Waals surface area contributed by atoms with Gasteiger partial charge in [0.25, 0.3) is 5.91 Å². The van der Waals surface area contributed by atoms with E-state index in [2.05, 4.69) is 10.3 Å². The minimum atomic E-state index is -0.286. The van der Waals surface area contributed by atoms with Gasteiger partial charge in [-0.25, -0.2) is 4.98 Å². The number of hydrogen-bond donors (Lipinski definition) is 1. The molecular weight excluding hydrogens is 350 g/mol. The summed E-state index contributed by atoms with van der Waals surface area (Å²) in [5, 5.41) is 2.82. The van der Waals surface area contributed by atoms with Crippen molar-refractivity contribution in [3.8, 4) is 0 Å². The van der Waals surface area contributed by atoms with E-state index in [1.807, 2.05) is 6.92 Å². The van der Waals surface area contributed by atoms with E-state index in [1.165, 1.54) is 6.26 Å². The molecule has 0 spiro atoms. The van der Waals surface area contributed by atoms with E-state index in [0.717, 1.165) is 45.3 Å². The van der Waals surface area contributed by atoms with Crippen LogP contribution >= 0.6 is 0 Å². The fourth-order valence-corrected chi connectivity index (χ4v) is 3.41. The Morgan fingerprint density at radius 2 is 1.96 bits per heavy atom. The Morgan fingerprint density at radius 1 is 1.22 bits per heavy atom. The molecule has 2 atom stereocenters. The Hall–Kier alpha value is -1.93. The number of rotatable bonds is 9. The van der Waals surface area contributed by atoms with Crippen molar-refractivity contribution in [3.63, 3.8) is 0 Å². The fourth-order valence-electron chi connectivity index (χ4n) is 3.41. The standard InChI is InChI=1S/C19H29N3O5/c1-2-5-18(23)22(11-15-7-4-9-26-15)12-17-21-16(13-27-17)19(24)20-10-14-6-3-8-25-14/h13-15H,2-12H2,1H3,(H,20,24). The van der Waals surface area contributed by atoms with Crippen LogP contribution in [0, 0.1) is 0 Å². The summed E-state index contributed by atoms with van der Waals surface area (Å²) in [5.41, 5.74) is 0.225. The fraction of sp³-hybridized carbons (Fsp3) is 0.737. The number of ether oxygens (including phenoxy) is 2. The van der Waals surface area contributed by atoms with E-state index in [-0.39, 0.29) is 36.3 Å². The number of nitrogens with zero attached hydrogens (tertiary/aromatic N) is 2. The van der Waals surface area contributed by atoms with Crippen molar-refractivity contribution >= 4 is 11.8 Å². The smallest absolute Gasteiger partial charge is 0.273 e. The van der Waals surface area contributed by atoms with Gasteiger partial charge in [-0.3, -0.25) is 9.59 Å². The maximum Gasteiger partial charge on any atom is 0.273 e. The first-order chi connectivity index (χ1) is 13.2. The number of carbonyl (C=O) groups is 2. The van der Waals surface area contributed by atoms with Gasteiger partial charge >= 0.3 is 0 Å². The lowest BCUT2D eigenvalue weighted by atomic mass is 10.2. The summed E-state index contributed by atoms with van der Waals surface area (Å²) in [7, 11) is 0. The van der Waals surface area contributed by atoms with Gasteiger partial charge in [0.1, 0.15) is 6.26 Å².